The monoisotopic (exact) mass is 266 g/mol. The maximum absolute atomic E-state index is 11.9. The summed E-state index contributed by atoms with van der Waals surface area (Å²) >= 11 is 0. The minimum absolute atomic E-state index is 0.0275. The molecule has 0 radical (unpaired) electrons. The van der Waals surface area contributed by atoms with E-state index in [0.29, 0.717) is 24.8 Å². The molecule has 5 nitrogen and oxygen atoms in total. The zero-order valence-corrected chi connectivity index (χ0v) is 11.1. The van der Waals surface area contributed by atoms with Gasteiger partial charge in [0.15, 0.2) is 0 Å². The highest BCUT2D eigenvalue weighted by molar-refractivity contribution is 5.75. The van der Waals surface area contributed by atoms with E-state index in [9.17, 15) is 9.59 Å². The maximum atomic E-state index is 11.9. The molecule has 3 N–H and O–H groups in total. The van der Waals surface area contributed by atoms with Crippen LogP contribution in [0.2, 0.25) is 0 Å². The number of carboxylic acids is 1. The van der Waals surface area contributed by atoms with Crippen LogP contribution in [0.3, 0.4) is 0 Å². The van der Waals surface area contributed by atoms with Crippen molar-refractivity contribution in [1.82, 2.24) is 10.6 Å². The zero-order valence-electron chi connectivity index (χ0n) is 11.1. The molecule has 0 aromatic carbocycles. The molecule has 0 heterocycles. The predicted octanol–water partition coefficient (Wildman–Crippen LogP) is 1.73. The Hall–Kier alpha value is -1.26. The summed E-state index contributed by atoms with van der Waals surface area (Å²) in [6.07, 6.45) is 7.00. The van der Waals surface area contributed by atoms with Gasteiger partial charge in [-0.1, -0.05) is 6.42 Å². The minimum Gasteiger partial charge on any atom is -0.481 e. The first kappa shape index (κ1) is 12.8. The van der Waals surface area contributed by atoms with E-state index in [0.717, 1.165) is 18.8 Å². The lowest BCUT2D eigenvalue weighted by Gasteiger charge is -2.24. The van der Waals surface area contributed by atoms with Crippen LogP contribution in [0.15, 0.2) is 0 Å². The molecule has 5 atom stereocenters. The van der Waals surface area contributed by atoms with E-state index in [2.05, 4.69) is 10.6 Å². The second kappa shape index (κ2) is 5.02. The van der Waals surface area contributed by atoms with Gasteiger partial charge < -0.3 is 15.7 Å². The molecule has 3 aliphatic rings. The van der Waals surface area contributed by atoms with E-state index in [1.165, 1.54) is 19.3 Å². The van der Waals surface area contributed by atoms with Crippen LogP contribution in [0.25, 0.3) is 0 Å². The zero-order chi connectivity index (χ0) is 13.4. The fraction of sp³-hybridized carbons (Fsp3) is 0.857. The summed E-state index contributed by atoms with van der Waals surface area (Å²) in [5, 5.41) is 15.0. The molecule has 2 amide bonds. The third kappa shape index (κ3) is 2.69. The molecule has 3 unspecified atom stereocenters. The summed E-state index contributed by atoms with van der Waals surface area (Å²) in [5.41, 5.74) is 0. The van der Waals surface area contributed by atoms with Crippen LogP contribution in [0.4, 0.5) is 4.79 Å². The van der Waals surface area contributed by atoms with E-state index in [4.69, 9.17) is 5.11 Å². The second-order valence-corrected chi connectivity index (χ2v) is 6.44. The van der Waals surface area contributed by atoms with Crippen LogP contribution in [0, 0.1) is 17.8 Å². The molecule has 0 spiro atoms. The smallest absolute Gasteiger partial charge is 0.315 e. The van der Waals surface area contributed by atoms with Crippen LogP contribution in [-0.2, 0) is 4.79 Å². The topological polar surface area (TPSA) is 78.4 Å². The van der Waals surface area contributed by atoms with E-state index >= 15 is 0 Å². The summed E-state index contributed by atoms with van der Waals surface area (Å²) in [6, 6.07) is 0.267. The van der Waals surface area contributed by atoms with Gasteiger partial charge in [0.2, 0.25) is 0 Å². The van der Waals surface area contributed by atoms with Gasteiger partial charge in [-0.3, -0.25) is 4.79 Å². The van der Waals surface area contributed by atoms with E-state index in [1.807, 2.05) is 0 Å². The first-order valence-electron chi connectivity index (χ1n) is 7.41. The first-order chi connectivity index (χ1) is 9.11. The number of hydrogen-bond donors (Lipinski definition) is 3. The third-order valence-corrected chi connectivity index (χ3v) is 5.17. The Morgan fingerprint density at radius 3 is 2.37 bits per heavy atom. The van der Waals surface area contributed by atoms with E-state index in [-0.39, 0.29) is 18.0 Å². The van der Waals surface area contributed by atoms with Crippen molar-refractivity contribution in [3.05, 3.63) is 0 Å². The summed E-state index contributed by atoms with van der Waals surface area (Å²) in [5.74, 6) is 0.467. The molecule has 0 aromatic heterocycles. The van der Waals surface area contributed by atoms with Crippen molar-refractivity contribution >= 4 is 12.0 Å². The van der Waals surface area contributed by atoms with Crippen molar-refractivity contribution in [2.75, 3.05) is 0 Å². The van der Waals surface area contributed by atoms with Crippen LogP contribution in [0.1, 0.15) is 44.9 Å². The number of fused-ring (bicyclic) bond motifs is 2. The highest BCUT2D eigenvalue weighted by Gasteiger charge is 2.40. The van der Waals surface area contributed by atoms with Gasteiger partial charge in [0.25, 0.3) is 0 Å². The average Bonchev–Trinajstić information content (AvgIpc) is 3.03. The summed E-state index contributed by atoms with van der Waals surface area (Å²) in [6.45, 7) is 0. The Morgan fingerprint density at radius 1 is 0.947 bits per heavy atom. The Balaban J connectivity index is 1.43. The van der Waals surface area contributed by atoms with Crippen molar-refractivity contribution < 1.29 is 14.7 Å². The van der Waals surface area contributed by atoms with Crippen molar-refractivity contribution in [2.45, 2.75) is 57.0 Å². The maximum Gasteiger partial charge on any atom is 0.315 e. The van der Waals surface area contributed by atoms with Crippen LogP contribution in [-0.4, -0.2) is 29.2 Å². The Bertz CT molecular complexity index is 385. The highest BCUT2D eigenvalue weighted by Crippen LogP contribution is 2.44. The normalized spacial score (nSPS) is 40.3. The number of nitrogens with one attached hydrogen (secondary N) is 2. The van der Waals surface area contributed by atoms with Crippen molar-refractivity contribution in [3.8, 4) is 0 Å². The van der Waals surface area contributed by atoms with Crippen molar-refractivity contribution in [2.24, 2.45) is 17.8 Å². The molecule has 0 aliphatic heterocycles. The number of urea groups is 1. The summed E-state index contributed by atoms with van der Waals surface area (Å²) < 4.78 is 0. The van der Waals surface area contributed by atoms with Crippen LogP contribution in [0.5, 0.6) is 0 Å². The molecular weight excluding hydrogens is 244 g/mol. The molecule has 3 saturated carbocycles. The fourth-order valence-electron chi connectivity index (χ4n) is 4.15. The lowest BCUT2D eigenvalue weighted by molar-refractivity contribution is -0.141. The van der Waals surface area contributed by atoms with Crippen LogP contribution >= 0.6 is 0 Å². The summed E-state index contributed by atoms with van der Waals surface area (Å²) in [4.78, 5) is 22.8. The highest BCUT2D eigenvalue weighted by atomic mass is 16.4. The number of carbonyl (C=O) groups is 2. The lowest BCUT2D eigenvalue weighted by Crippen LogP contribution is -2.47. The number of rotatable bonds is 3. The van der Waals surface area contributed by atoms with Gasteiger partial charge in [-0.15, -0.1) is 0 Å². The van der Waals surface area contributed by atoms with Gasteiger partial charge in [-0.05, 0) is 50.4 Å². The number of carboxylic acid groups (broad SMARTS) is 1. The standard InChI is InChI=1S/C14H22N2O3/c17-13(18)10-3-4-11(7-10)15-14(19)16-12-6-8-1-2-9(12)5-8/h8-12H,1-7H2,(H,17,18)(H2,15,16,19)/t8?,9?,10-,11+,12?/m1/s1. The van der Waals surface area contributed by atoms with Gasteiger partial charge in [0.05, 0.1) is 5.92 Å². The Morgan fingerprint density at radius 2 is 1.79 bits per heavy atom. The number of aliphatic carboxylic acids is 1. The SMILES string of the molecule is O=C(NC1CC2CCC1C2)N[C@H]1CC[C@@H](C(=O)O)C1. The summed E-state index contributed by atoms with van der Waals surface area (Å²) in [7, 11) is 0. The molecule has 0 saturated heterocycles. The van der Waals surface area contributed by atoms with Gasteiger partial charge in [-0.25, -0.2) is 4.79 Å². The molecule has 3 aliphatic carbocycles. The Labute approximate surface area is 113 Å². The second-order valence-electron chi connectivity index (χ2n) is 6.44. The fourth-order valence-corrected chi connectivity index (χ4v) is 4.15. The molecular formula is C14H22N2O3. The van der Waals surface area contributed by atoms with Gasteiger partial charge >= 0.3 is 12.0 Å². The number of hydrogen-bond acceptors (Lipinski definition) is 2. The Kier molecular flexibility index (Phi) is 3.37. The van der Waals surface area contributed by atoms with Gasteiger partial charge in [0.1, 0.15) is 0 Å². The molecule has 2 bridgehead atoms. The van der Waals surface area contributed by atoms with E-state index in [1.54, 1.807) is 0 Å². The van der Waals surface area contributed by atoms with Crippen LogP contribution < -0.4 is 10.6 Å². The molecule has 106 valence electrons. The molecule has 0 aromatic rings. The van der Waals surface area contributed by atoms with Crippen molar-refractivity contribution in [1.29, 1.82) is 0 Å². The molecule has 19 heavy (non-hydrogen) atoms. The number of amides is 2. The lowest BCUT2D eigenvalue weighted by atomic mass is 9.95. The third-order valence-electron chi connectivity index (χ3n) is 5.17. The molecule has 3 fully saturated rings. The largest absolute Gasteiger partial charge is 0.481 e. The number of carbonyl (C=O) groups excluding carboxylic acids is 1. The molecule has 3 rings (SSSR count). The van der Waals surface area contributed by atoms with Crippen molar-refractivity contribution in [3.63, 3.8) is 0 Å². The van der Waals surface area contributed by atoms with Gasteiger partial charge in [-0.2, -0.15) is 0 Å². The quantitative estimate of drug-likeness (QED) is 0.728. The minimum atomic E-state index is -0.738. The van der Waals surface area contributed by atoms with Gasteiger partial charge in [0, 0.05) is 12.1 Å². The van der Waals surface area contributed by atoms with E-state index < -0.39 is 5.97 Å². The molecule has 5 heteroatoms. The average molecular weight is 266 g/mol. The first-order valence-corrected chi connectivity index (χ1v) is 7.41. The predicted molar refractivity (Wildman–Crippen MR) is 69.7 cm³/mol.